The average Bonchev–Trinajstić information content (AvgIpc) is 3.44. The zero-order chi connectivity index (χ0) is 20.7. The highest BCUT2D eigenvalue weighted by Gasteiger charge is 2.20. The zero-order valence-electron chi connectivity index (χ0n) is 16.9. The van der Waals surface area contributed by atoms with Crippen LogP contribution in [-0.2, 0) is 0 Å². The molecule has 0 saturated carbocycles. The van der Waals surface area contributed by atoms with Crippen LogP contribution < -0.4 is 16.4 Å². The van der Waals surface area contributed by atoms with E-state index in [0.717, 1.165) is 0 Å². The van der Waals surface area contributed by atoms with Gasteiger partial charge in [-0.15, -0.1) is 0 Å². The van der Waals surface area contributed by atoms with Crippen LogP contribution >= 0.6 is 0 Å². The van der Waals surface area contributed by atoms with E-state index < -0.39 is 0 Å². The van der Waals surface area contributed by atoms with Crippen molar-refractivity contribution >= 4 is 23.1 Å². The smallest absolute Gasteiger partial charge is 0.241 e. The van der Waals surface area contributed by atoms with Gasteiger partial charge in [-0.3, -0.25) is 4.98 Å². The van der Waals surface area contributed by atoms with Gasteiger partial charge in [-0.05, 0) is 24.3 Å². The first-order chi connectivity index (χ1) is 14.9. The summed E-state index contributed by atoms with van der Waals surface area (Å²) in [7, 11) is 0. The van der Waals surface area contributed by atoms with E-state index in [-0.39, 0.29) is 0 Å². The van der Waals surface area contributed by atoms with Crippen LogP contribution in [0.1, 0.15) is 0 Å². The molecule has 146 valence electrons. The van der Waals surface area contributed by atoms with E-state index in [0.29, 0.717) is 6.71 Å². The van der Waals surface area contributed by atoms with Gasteiger partial charge in [0, 0.05) is 24.8 Å². The first-order valence-electron chi connectivity index (χ1n) is 10.0. The molecule has 0 unspecified atom stereocenters. The minimum Gasteiger partial charge on any atom is -0.368 e. The predicted octanol–water partition coefficient (Wildman–Crippen LogP) is 4.30. The molecule has 2 nitrogen and oxygen atoms in total. The van der Waals surface area contributed by atoms with E-state index in [1.807, 2.05) is 42.7 Å². The van der Waals surface area contributed by atoms with E-state index in [1.54, 1.807) is 12.4 Å². The van der Waals surface area contributed by atoms with Crippen LogP contribution in [-0.4, -0.2) is 16.7 Å². The van der Waals surface area contributed by atoms with E-state index >= 15 is 0 Å². The van der Waals surface area contributed by atoms with E-state index in [1.165, 1.54) is 16.4 Å². The number of hydrogen-bond donors (Lipinski definition) is 1. The first kappa shape index (κ1) is 20.9. The molecule has 3 heteroatoms. The maximum Gasteiger partial charge on any atom is 0.241 e. The van der Waals surface area contributed by atoms with Crippen molar-refractivity contribution in [3.63, 3.8) is 0 Å². The average molecular weight is 388 g/mol. The number of nitrogens with zero attached hydrogens (tertiary/aromatic N) is 1. The Morgan fingerprint density at radius 3 is 1.03 bits per heavy atom. The van der Waals surface area contributed by atoms with Crippen LogP contribution in [0.4, 0.5) is 0 Å². The van der Waals surface area contributed by atoms with Crippen LogP contribution in [0, 0.1) is 0 Å². The van der Waals surface area contributed by atoms with Gasteiger partial charge in [-0.25, -0.2) is 0 Å². The minimum absolute atomic E-state index is 0.309. The Bertz CT molecular complexity index is 882. The summed E-state index contributed by atoms with van der Waals surface area (Å²) in [6.45, 7) is 0.309. The Labute approximate surface area is 179 Å². The van der Waals surface area contributed by atoms with Crippen LogP contribution in [0.3, 0.4) is 0 Å². The SMILES string of the molecule is c1cc[nH]c1.c1ccc(B(c2ccccc2)c2ccccc2)cc1.c1ccncc1. The fourth-order valence-electron chi connectivity index (χ4n) is 3.10. The van der Waals surface area contributed by atoms with Crippen molar-refractivity contribution in [2.75, 3.05) is 0 Å². The second-order valence-corrected chi connectivity index (χ2v) is 6.57. The first-order valence-corrected chi connectivity index (χ1v) is 10.0. The van der Waals surface area contributed by atoms with Gasteiger partial charge in [0.2, 0.25) is 6.71 Å². The summed E-state index contributed by atoms with van der Waals surface area (Å²) in [6.07, 6.45) is 7.25. The number of rotatable bonds is 3. The highest BCUT2D eigenvalue weighted by Crippen LogP contribution is 1.95. The molecule has 5 aromatic rings. The number of H-pyrrole nitrogens is 1. The van der Waals surface area contributed by atoms with Crippen LogP contribution in [0.2, 0.25) is 0 Å². The van der Waals surface area contributed by atoms with Gasteiger partial charge in [0.1, 0.15) is 0 Å². The number of aromatic nitrogens is 2. The highest BCUT2D eigenvalue weighted by molar-refractivity contribution is 6.95. The second kappa shape index (κ2) is 12.6. The Morgan fingerprint density at radius 2 is 0.800 bits per heavy atom. The van der Waals surface area contributed by atoms with Gasteiger partial charge in [-0.1, -0.05) is 113 Å². The number of hydrogen-bond acceptors (Lipinski definition) is 1. The van der Waals surface area contributed by atoms with E-state index in [4.69, 9.17) is 0 Å². The normalized spacial score (nSPS) is 9.33. The van der Waals surface area contributed by atoms with Gasteiger partial charge >= 0.3 is 0 Å². The van der Waals surface area contributed by atoms with Crippen LogP contribution in [0.5, 0.6) is 0 Å². The summed E-state index contributed by atoms with van der Waals surface area (Å²) in [5, 5.41) is 0. The molecule has 2 heterocycles. The number of nitrogens with one attached hydrogen (secondary N) is 1. The molecular weight excluding hydrogens is 363 g/mol. The lowest BCUT2D eigenvalue weighted by atomic mass is 9.37. The molecule has 0 saturated heterocycles. The summed E-state index contributed by atoms with van der Waals surface area (Å²) < 4.78 is 0. The Balaban J connectivity index is 0.000000189. The molecule has 2 aromatic heterocycles. The van der Waals surface area contributed by atoms with Crippen molar-refractivity contribution in [3.8, 4) is 0 Å². The quantitative estimate of drug-likeness (QED) is 0.459. The summed E-state index contributed by atoms with van der Waals surface area (Å²) in [6, 6.07) is 41.6. The molecule has 0 radical (unpaired) electrons. The zero-order valence-corrected chi connectivity index (χ0v) is 16.9. The van der Waals surface area contributed by atoms with Crippen molar-refractivity contribution in [3.05, 3.63) is 146 Å². The van der Waals surface area contributed by atoms with Gasteiger partial charge in [0.05, 0.1) is 0 Å². The molecule has 0 bridgehead atoms. The van der Waals surface area contributed by atoms with Crippen molar-refractivity contribution in [1.29, 1.82) is 0 Å². The molecule has 0 aliphatic heterocycles. The third-order valence-electron chi connectivity index (χ3n) is 4.46. The summed E-state index contributed by atoms with van der Waals surface area (Å²) in [4.78, 5) is 6.65. The monoisotopic (exact) mass is 388 g/mol. The standard InChI is InChI=1S/C18H15B.C5H5N.C4H5N/c1-4-10-16(11-5-1)19(17-12-6-2-7-13-17)18-14-8-3-9-15-18;1-2-4-6-5-3-1;1-2-4-5-3-1/h1-15H;1-5H;1-5H. The molecule has 1 N–H and O–H groups in total. The van der Waals surface area contributed by atoms with Crippen molar-refractivity contribution < 1.29 is 0 Å². The van der Waals surface area contributed by atoms with Crippen molar-refractivity contribution in [2.24, 2.45) is 0 Å². The second-order valence-electron chi connectivity index (χ2n) is 6.57. The largest absolute Gasteiger partial charge is 0.368 e. The lowest BCUT2D eigenvalue weighted by Crippen LogP contribution is -2.51. The summed E-state index contributed by atoms with van der Waals surface area (Å²) in [5.41, 5.74) is 4.00. The Morgan fingerprint density at radius 1 is 0.433 bits per heavy atom. The summed E-state index contributed by atoms with van der Waals surface area (Å²) >= 11 is 0. The lowest BCUT2D eigenvalue weighted by Gasteiger charge is -2.15. The predicted molar refractivity (Wildman–Crippen MR) is 129 cm³/mol. The fourth-order valence-corrected chi connectivity index (χ4v) is 3.10. The molecule has 0 spiro atoms. The molecule has 0 aliphatic rings. The molecule has 5 rings (SSSR count). The van der Waals surface area contributed by atoms with Crippen molar-refractivity contribution in [1.82, 2.24) is 9.97 Å². The third-order valence-corrected chi connectivity index (χ3v) is 4.46. The molecule has 0 aliphatic carbocycles. The van der Waals surface area contributed by atoms with E-state index in [2.05, 4.69) is 101 Å². The lowest BCUT2D eigenvalue weighted by molar-refractivity contribution is 1.33. The molecule has 0 atom stereocenters. The highest BCUT2D eigenvalue weighted by atomic mass is 14.6. The van der Waals surface area contributed by atoms with Gasteiger partial charge < -0.3 is 4.98 Å². The van der Waals surface area contributed by atoms with Crippen LogP contribution in [0.25, 0.3) is 0 Å². The molecule has 30 heavy (non-hydrogen) atoms. The van der Waals surface area contributed by atoms with Gasteiger partial charge in [-0.2, -0.15) is 0 Å². The maximum absolute atomic E-state index is 3.78. The Hall–Kier alpha value is -3.85. The molecule has 3 aromatic carbocycles. The van der Waals surface area contributed by atoms with Gasteiger partial charge in [0.25, 0.3) is 0 Å². The van der Waals surface area contributed by atoms with E-state index in [9.17, 15) is 0 Å². The molecule has 0 fully saturated rings. The topological polar surface area (TPSA) is 28.7 Å². The number of benzene rings is 3. The third kappa shape index (κ3) is 6.95. The summed E-state index contributed by atoms with van der Waals surface area (Å²) in [5.74, 6) is 0. The maximum atomic E-state index is 3.78. The van der Waals surface area contributed by atoms with Crippen molar-refractivity contribution in [2.45, 2.75) is 0 Å². The molecular formula is C27H25BN2. The number of pyridine rings is 1. The van der Waals surface area contributed by atoms with Gasteiger partial charge in [0.15, 0.2) is 0 Å². The number of aromatic amines is 1. The molecule has 0 amide bonds. The Kier molecular flexibility index (Phi) is 8.76. The fraction of sp³-hybridized carbons (Fsp3) is 0. The minimum atomic E-state index is 0.309. The van der Waals surface area contributed by atoms with Crippen LogP contribution in [0.15, 0.2) is 146 Å².